The van der Waals surface area contributed by atoms with E-state index >= 15 is 0 Å². The van der Waals surface area contributed by atoms with Crippen molar-refractivity contribution in [3.8, 4) is 5.75 Å². The molecule has 0 aliphatic heterocycles. The largest absolute Gasteiger partial charge is 0.502 e. The quantitative estimate of drug-likeness (QED) is 0.521. The molecule has 6 heteroatoms. The van der Waals surface area contributed by atoms with E-state index in [0.29, 0.717) is 11.3 Å². The average molecular weight is 290 g/mol. The van der Waals surface area contributed by atoms with Crippen LogP contribution in [0.15, 0.2) is 42.5 Å². The SMILES string of the molecule is [N-]=[NH+]c1ccc(F)cc1CCC(=O)Oc1ccc(F)cc1. The predicted molar refractivity (Wildman–Crippen MR) is 70.7 cm³/mol. The van der Waals surface area contributed by atoms with E-state index in [0.717, 1.165) is 0 Å². The highest BCUT2D eigenvalue weighted by atomic mass is 19.1. The van der Waals surface area contributed by atoms with Gasteiger partial charge in [-0.05, 0) is 42.8 Å². The summed E-state index contributed by atoms with van der Waals surface area (Å²) in [6.45, 7) is 0. The highest BCUT2D eigenvalue weighted by molar-refractivity contribution is 5.72. The molecule has 0 amide bonds. The Balaban J connectivity index is 1.96. The van der Waals surface area contributed by atoms with Gasteiger partial charge in [0.2, 0.25) is 0 Å². The number of nitrogens with zero attached hydrogens (tertiary/aromatic N) is 1. The molecule has 0 radical (unpaired) electrons. The van der Waals surface area contributed by atoms with Crippen molar-refractivity contribution in [3.05, 3.63) is 65.2 Å². The Labute approximate surface area is 119 Å². The van der Waals surface area contributed by atoms with Gasteiger partial charge in [-0.2, -0.15) is 0 Å². The van der Waals surface area contributed by atoms with Gasteiger partial charge in [0.15, 0.2) is 5.69 Å². The fraction of sp³-hybridized carbons (Fsp3) is 0.133. The molecule has 2 aromatic rings. The Bertz CT molecular complexity index is 657. The number of hydrogen-bond donors (Lipinski definition) is 1. The van der Waals surface area contributed by atoms with E-state index in [1.807, 2.05) is 5.11 Å². The number of rotatable bonds is 5. The molecule has 0 saturated carbocycles. The Morgan fingerprint density at radius 2 is 1.76 bits per heavy atom. The summed E-state index contributed by atoms with van der Waals surface area (Å²) in [5.74, 6) is -1.18. The van der Waals surface area contributed by atoms with E-state index in [-0.39, 0.29) is 18.6 Å². The summed E-state index contributed by atoms with van der Waals surface area (Å²) in [4.78, 5) is 11.7. The van der Waals surface area contributed by atoms with E-state index in [4.69, 9.17) is 10.3 Å². The maximum Gasteiger partial charge on any atom is 0.311 e. The van der Waals surface area contributed by atoms with Crippen LogP contribution < -0.4 is 9.85 Å². The Morgan fingerprint density at radius 1 is 1.10 bits per heavy atom. The molecule has 0 aromatic heterocycles. The second-order valence-electron chi connectivity index (χ2n) is 4.34. The van der Waals surface area contributed by atoms with Crippen molar-refractivity contribution in [2.75, 3.05) is 0 Å². The molecule has 0 aliphatic carbocycles. The number of benzene rings is 2. The molecule has 0 saturated heterocycles. The van der Waals surface area contributed by atoms with Crippen molar-refractivity contribution >= 4 is 11.7 Å². The lowest BCUT2D eigenvalue weighted by molar-refractivity contribution is -0.380. The highest BCUT2D eigenvalue weighted by Gasteiger charge is 2.11. The molecule has 4 nitrogen and oxygen atoms in total. The van der Waals surface area contributed by atoms with Crippen molar-refractivity contribution in [2.24, 2.45) is 0 Å². The van der Waals surface area contributed by atoms with Gasteiger partial charge in [-0.3, -0.25) is 9.91 Å². The lowest BCUT2D eigenvalue weighted by atomic mass is 10.1. The summed E-state index contributed by atoms with van der Waals surface area (Å²) >= 11 is 0. The lowest BCUT2D eigenvalue weighted by Crippen LogP contribution is -2.55. The van der Waals surface area contributed by atoms with Gasteiger partial charge in [0.25, 0.3) is 0 Å². The van der Waals surface area contributed by atoms with Crippen LogP contribution in [-0.2, 0) is 11.2 Å². The normalized spacial score (nSPS) is 10.2. The van der Waals surface area contributed by atoms with E-state index in [2.05, 4.69) is 0 Å². The van der Waals surface area contributed by atoms with E-state index < -0.39 is 17.6 Å². The molecule has 21 heavy (non-hydrogen) atoms. The summed E-state index contributed by atoms with van der Waals surface area (Å²) in [6.07, 6.45) is 0.191. The molecule has 0 spiro atoms. The van der Waals surface area contributed by atoms with Crippen molar-refractivity contribution in [2.45, 2.75) is 12.8 Å². The number of carbonyl (C=O) groups excluding carboxylic acids is 1. The standard InChI is InChI=1S/C15H12F2N2O2/c16-11-2-5-13(6-3-11)21-15(20)8-1-10-9-12(17)4-7-14(10)19-18/h2-7,9,19H,1,8H2. The van der Waals surface area contributed by atoms with Gasteiger partial charge in [0.1, 0.15) is 17.4 Å². The summed E-state index contributed by atoms with van der Waals surface area (Å²) in [6, 6.07) is 8.84. The molecule has 2 rings (SSSR count). The first-order valence-corrected chi connectivity index (χ1v) is 6.23. The molecule has 0 unspecified atom stereocenters. The second kappa shape index (κ2) is 6.69. The van der Waals surface area contributed by atoms with E-state index in [1.165, 1.54) is 42.5 Å². The maximum absolute atomic E-state index is 13.1. The first kappa shape index (κ1) is 14.8. The minimum atomic E-state index is -0.533. The zero-order valence-corrected chi connectivity index (χ0v) is 11.0. The van der Waals surface area contributed by atoms with Gasteiger partial charge in [0, 0.05) is 11.6 Å². The molecule has 1 N–H and O–H groups in total. The van der Waals surface area contributed by atoms with E-state index in [1.54, 1.807) is 0 Å². The number of halogens is 2. The highest BCUT2D eigenvalue weighted by Crippen LogP contribution is 2.16. The number of carbonyl (C=O) groups is 1. The van der Waals surface area contributed by atoms with E-state index in [9.17, 15) is 13.6 Å². The van der Waals surface area contributed by atoms with Crippen molar-refractivity contribution in [1.82, 2.24) is 0 Å². The van der Waals surface area contributed by atoms with Gasteiger partial charge in [-0.1, -0.05) is 0 Å². The van der Waals surface area contributed by atoms with Gasteiger partial charge >= 0.3 is 5.97 Å². The molecule has 0 fully saturated rings. The zero-order chi connectivity index (χ0) is 15.2. The van der Waals surface area contributed by atoms with Crippen LogP contribution in [0.25, 0.3) is 5.53 Å². The molecule has 2 aromatic carbocycles. The van der Waals surface area contributed by atoms with Crippen molar-refractivity contribution in [3.63, 3.8) is 0 Å². The first-order chi connectivity index (χ1) is 10.1. The third-order valence-corrected chi connectivity index (χ3v) is 2.83. The van der Waals surface area contributed by atoms with Crippen LogP contribution in [0.2, 0.25) is 0 Å². The number of nitrogens with one attached hydrogen (secondary N) is 1. The third-order valence-electron chi connectivity index (χ3n) is 2.83. The summed E-state index contributed by atoms with van der Waals surface area (Å²) < 4.78 is 30.9. The fourth-order valence-electron chi connectivity index (χ4n) is 1.80. The molecular formula is C15H12F2N2O2. The van der Waals surface area contributed by atoms with Crippen molar-refractivity contribution < 1.29 is 23.4 Å². The van der Waals surface area contributed by atoms with Gasteiger partial charge in [0.05, 0.1) is 6.42 Å². The summed E-state index contributed by atoms with van der Waals surface area (Å²) in [7, 11) is 0. The number of ether oxygens (including phenoxy) is 1. The van der Waals surface area contributed by atoms with Gasteiger partial charge in [-0.25, -0.2) is 8.78 Å². The number of esters is 1. The molecular weight excluding hydrogens is 278 g/mol. The molecule has 0 aliphatic rings. The van der Waals surface area contributed by atoms with Crippen LogP contribution in [-0.4, -0.2) is 5.97 Å². The van der Waals surface area contributed by atoms with Crippen molar-refractivity contribution in [1.29, 1.82) is 0 Å². The minimum Gasteiger partial charge on any atom is -0.502 e. The number of hydrogen-bond acceptors (Lipinski definition) is 2. The van der Waals surface area contributed by atoms with Crippen LogP contribution >= 0.6 is 0 Å². The Hall–Kier alpha value is -2.63. The van der Waals surface area contributed by atoms with Gasteiger partial charge < -0.3 is 10.3 Å². The van der Waals surface area contributed by atoms with Crippen LogP contribution in [0.4, 0.5) is 14.5 Å². The first-order valence-electron chi connectivity index (χ1n) is 6.23. The van der Waals surface area contributed by atoms with Crippen LogP contribution in [0.3, 0.4) is 0 Å². The third kappa shape index (κ3) is 4.17. The molecule has 0 heterocycles. The monoisotopic (exact) mass is 290 g/mol. The summed E-state index contributed by atoms with van der Waals surface area (Å²) in [5.41, 5.74) is 9.69. The zero-order valence-electron chi connectivity index (χ0n) is 11.0. The average Bonchev–Trinajstić information content (AvgIpc) is 2.48. The maximum atomic E-state index is 13.1. The fourth-order valence-corrected chi connectivity index (χ4v) is 1.80. The molecule has 108 valence electrons. The number of aryl methyl sites for hydroxylation is 1. The minimum absolute atomic E-state index is 0.00445. The molecule has 0 bridgehead atoms. The lowest BCUT2D eigenvalue weighted by Gasteiger charge is -2.05. The Kier molecular flexibility index (Phi) is 4.71. The predicted octanol–water partition coefficient (Wildman–Crippen LogP) is 2.24. The smallest absolute Gasteiger partial charge is 0.311 e. The van der Waals surface area contributed by atoms with Crippen LogP contribution in [0.1, 0.15) is 12.0 Å². The second-order valence-corrected chi connectivity index (χ2v) is 4.34. The van der Waals surface area contributed by atoms with Gasteiger partial charge in [-0.15, -0.1) is 0 Å². The molecule has 0 atom stereocenters. The summed E-state index contributed by atoms with van der Waals surface area (Å²) in [5, 5.41) is 1.94. The topological polar surface area (TPSA) is 62.6 Å². The van der Waals surface area contributed by atoms with Crippen LogP contribution in [0.5, 0.6) is 5.75 Å². The Morgan fingerprint density at radius 3 is 2.43 bits per heavy atom. The van der Waals surface area contributed by atoms with Crippen LogP contribution in [0, 0.1) is 11.6 Å².